The lowest BCUT2D eigenvalue weighted by molar-refractivity contribution is 0.0814. The number of nitrogens with zero attached hydrogens (tertiary/aromatic N) is 3. The van der Waals surface area contributed by atoms with Gasteiger partial charge in [-0.2, -0.15) is 5.10 Å². The zero-order valence-electron chi connectivity index (χ0n) is 20.1. The first-order chi connectivity index (χ1) is 17.6. The third-order valence-electron chi connectivity index (χ3n) is 6.32. The average Bonchev–Trinajstić information content (AvgIpc) is 3.29. The van der Waals surface area contributed by atoms with Gasteiger partial charge in [0.2, 0.25) is 0 Å². The van der Waals surface area contributed by atoms with E-state index in [2.05, 4.69) is 20.6 Å². The smallest absolute Gasteiger partial charge is 0.323 e. The van der Waals surface area contributed by atoms with Gasteiger partial charge in [-0.3, -0.25) is 4.68 Å². The topological polar surface area (TPSA) is 91.7 Å². The number of piperidine rings is 1. The number of hydrogen-bond donors (Lipinski definition) is 3. The zero-order chi connectivity index (χ0) is 24.7. The molecule has 36 heavy (non-hydrogen) atoms. The van der Waals surface area contributed by atoms with Gasteiger partial charge in [-0.05, 0) is 80.4 Å². The Morgan fingerprint density at radius 1 is 0.917 bits per heavy atom. The van der Waals surface area contributed by atoms with Crippen LogP contribution in [0.5, 0.6) is 11.5 Å². The van der Waals surface area contributed by atoms with E-state index in [4.69, 9.17) is 4.74 Å². The summed E-state index contributed by atoms with van der Waals surface area (Å²) in [6.45, 7) is 3.77. The first kappa shape index (κ1) is 23.8. The number of nitrogens with one attached hydrogen (secondary N) is 2. The van der Waals surface area contributed by atoms with Gasteiger partial charge in [0.15, 0.2) is 0 Å². The molecule has 8 nitrogen and oxygen atoms in total. The molecule has 0 unspecified atom stereocenters. The Morgan fingerprint density at radius 3 is 2.39 bits per heavy atom. The number of hydrogen-bond acceptors (Lipinski definition) is 5. The van der Waals surface area contributed by atoms with Crippen LogP contribution in [0.4, 0.5) is 16.2 Å². The van der Waals surface area contributed by atoms with E-state index in [0.717, 1.165) is 62.1 Å². The predicted octanol–water partition coefficient (Wildman–Crippen LogP) is 5.32. The molecule has 4 aromatic rings. The molecule has 2 amide bonds. The molecule has 1 aliphatic heterocycles. The summed E-state index contributed by atoms with van der Waals surface area (Å²) < 4.78 is 7.75. The summed E-state index contributed by atoms with van der Waals surface area (Å²) in [5.41, 5.74) is 2.19. The molecule has 3 N–H and O–H groups in total. The summed E-state index contributed by atoms with van der Waals surface area (Å²) in [4.78, 5) is 14.9. The van der Waals surface area contributed by atoms with E-state index in [1.807, 2.05) is 71.5 Å². The maximum absolute atomic E-state index is 12.5. The molecule has 1 fully saturated rings. The van der Waals surface area contributed by atoms with Crippen LogP contribution in [-0.2, 0) is 6.54 Å². The first-order valence-corrected chi connectivity index (χ1v) is 12.4. The van der Waals surface area contributed by atoms with Crippen molar-refractivity contribution in [1.29, 1.82) is 0 Å². The lowest BCUT2D eigenvalue weighted by atomic mass is 10.1. The molecule has 8 heteroatoms. The first-order valence-electron chi connectivity index (χ1n) is 12.4. The molecule has 5 rings (SSSR count). The highest BCUT2D eigenvalue weighted by atomic mass is 16.5. The van der Waals surface area contributed by atoms with E-state index in [1.165, 1.54) is 0 Å². The highest BCUT2D eigenvalue weighted by Gasteiger charge is 2.16. The van der Waals surface area contributed by atoms with E-state index >= 15 is 0 Å². The summed E-state index contributed by atoms with van der Waals surface area (Å²) in [5.74, 6) is 1.46. The lowest BCUT2D eigenvalue weighted by Crippen LogP contribution is -2.36. The summed E-state index contributed by atoms with van der Waals surface area (Å²) >= 11 is 0. The Bertz CT molecular complexity index is 1280. The molecule has 1 saturated heterocycles. The molecule has 2 heterocycles. The Hall–Kier alpha value is -3.88. The van der Waals surface area contributed by atoms with Crippen molar-refractivity contribution >= 4 is 28.3 Å². The summed E-state index contributed by atoms with van der Waals surface area (Å²) in [7, 11) is 0. The predicted molar refractivity (Wildman–Crippen MR) is 142 cm³/mol. The molecular formula is C28H31N5O3. The number of aliphatic hydroxyl groups is 1. The van der Waals surface area contributed by atoms with Gasteiger partial charge in [-0.1, -0.05) is 18.2 Å². The number of benzene rings is 3. The fourth-order valence-corrected chi connectivity index (χ4v) is 4.38. The van der Waals surface area contributed by atoms with Crippen molar-refractivity contribution in [2.45, 2.75) is 31.9 Å². The van der Waals surface area contributed by atoms with Crippen LogP contribution in [0, 0.1) is 0 Å². The summed E-state index contributed by atoms with van der Waals surface area (Å²) in [6.07, 6.45) is 4.64. The number of carbonyl (C=O) groups excluding carboxylic acids is 1. The van der Waals surface area contributed by atoms with Crippen LogP contribution in [0.3, 0.4) is 0 Å². The molecule has 3 aromatic carbocycles. The van der Waals surface area contributed by atoms with Crippen LogP contribution in [0.1, 0.15) is 19.3 Å². The van der Waals surface area contributed by atoms with Crippen molar-refractivity contribution < 1.29 is 14.6 Å². The number of anilines is 2. The number of urea groups is 1. The number of ether oxygens (including phenoxy) is 1. The minimum atomic E-state index is -0.322. The van der Waals surface area contributed by atoms with Crippen LogP contribution >= 0.6 is 0 Å². The Morgan fingerprint density at radius 2 is 1.61 bits per heavy atom. The number of aromatic nitrogens is 2. The maximum Gasteiger partial charge on any atom is 0.323 e. The maximum atomic E-state index is 12.5. The van der Waals surface area contributed by atoms with Crippen LogP contribution < -0.4 is 15.4 Å². The second kappa shape index (κ2) is 11.2. The lowest BCUT2D eigenvalue weighted by Gasteiger charge is -2.29. The Balaban J connectivity index is 1.11. The Kier molecular flexibility index (Phi) is 7.44. The van der Waals surface area contributed by atoms with Crippen LogP contribution in [-0.4, -0.2) is 51.6 Å². The normalized spacial score (nSPS) is 14.6. The standard InChI is InChI=1S/C28H31N5O3/c34-24-13-17-32(18-14-24)15-4-16-33-20-21-7-8-23(19-27(21)31-33)30-28(35)29-22-9-11-26(12-10-22)36-25-5-2-1-3-6-25/h1-3,5-12,19-20,24,34H,4,13-18H2,(H2,29,30,35). The molecule has 0 aliphatic carbocycles. The minimum absolute atomic E-state index is 0.136. The number of rotatable bonds is 8. The van der Waals surface area contributed by atoms with E-state index in [1.54, 1.807) is 12.1 Å². The molecule has 0 atom stereocenters. The number of fused-ring (bicyclic) bond motifs is 1. The van der Waals surface area contributed by atoms with Crippen LogP contribution in [0.15, 0.2) is 79.0 Å². The SMILES string of the molecule is O=C(Nc1ccc(Oc2ccccc2)cc1)Nc1ccc2cn(CCCN3CCC(O)CC3)nc2c1. The molecule has 0 spiro atoms. The van der Waals surface area contributed by atoms with Crippen molar-refractivity contribution in [1.82, 2.24) is 14.7 Å². The van der Waals surface area contributed by atoms with Crippen molar-refractivity contribution in [3.05, 3.63) is 79.0 Å². The second-order valence-corrected chi connectivity index (χ2v) is 9.11. The summed E-state index contributed by atoms with van der Waals surface area (Å²) in [5, 5.41) is 21.1. The zero-order valence-corrected chi connectivity index (χ0v) is 20.1. The third kappa shape index (κ3) is 6.41. The fraction of sp³-hybridized carbons (Fsp3) is 0.286. The van der Waals surface area contributed by atoms with Crippen LogP contribution in [0.25, 0.3) is 10.9 Å². The largest absolute Gasteiger partial charge is 0.457 e. The van der Waals surface area contributed by atoms with Crippen molar-refractivity contribution in [2.75, 3.05) is 30.3 Å². The number of amides is 2. The molecule has 1 aliphatic rings. The van der Waals surface area contributed by atoms with Gasteiger partial charge < -0.3 is 25.4 Å². The number of carbonyl (C=O) groups is 1. The van der Waals surface area contributed by atoms with Crippen LogP contribution in [0.2, 0.25) is 0 Å². The van der Waals surface area contributed by atoms with Gasteiger partial charge in [0, 0.05) is 42.6 Å². The van der Waals surface area contributed by atoms with Crippen molar-refractivity contribution in [2.24, 2.45) is 0 Å². The van der Waals surface area contributed by atoms with Gasteiger partial charge in [0.25, 0.3) is 0 Å². The minimum Gasteiger partial charge on any atom is -0.457 e. The van der Waals surface area contributed by atoms with E-state index < -0.39 is 0 Å². The summed E-state index contributed by atoms with van der Waals surface area (Å²) in [6, 6.07) is 22.2. The van der Waals surface area contributed by atoms with Gasteiger partial charge in [-0.25, -0.2) is 4.79 Å². The molecular weight excluding hydrogens is 454 g/mol. The molecule has 186 valence electrons. The molecule has 0 bridgehead atoms. The molecule has 0 saturated carbocycles. The molecule has 1 aromatic heterocycles. The van der Waals surface area contributed by atoms with E-state index in [0.29, 0.717) is 17.1 Å². The second-order valence-electron chi connectivity index (χ2n) is 9.11. The average molecular weight is 486 g/mol. The Labute approximate surface area is 210 Å². The number of para-hydroxylation sites is 1. The monoisotopic (exact) mass is 485 g/mol. The van der Waals surface area contributed by atoms with Gasteiger partial charge in [0.05, 0.1) is 11.6 Å². The van der Waals surface area contributed by atoms with E-state index in [9.17, 15) is 9.90 Å². The quantitative estimate of drug-likeness (QED) is 0.314. The highest BCUT2D eigenvalue weighted by molar-refractivity contribution is 6.00. The number of aliphatic hydroxyl groups excluding tert-OH is 1. The highest BCUT2D eigenvalue weighted by Crippen LogP contribution is 2.23. The van der Waals surface area contributed by atoms with E-state index in [-0.39, 0.29) is 12.1 Å². The van der Waals surface area contributed by atoms with Gasteiger partial charge >= 0.3 is 6.03 Å². The van der Waals surface area contributed by atoms with Gasteiger partial charge in [-0.15, -0.1) is 0 Å². The fourth-order valence-electron chi connectivity index (χ4n) is 4.38. The number of aryl methyl sites for hydroxylation is 1. The van der Waals surface area contributed by atoms with Crippen molar-refractivity contribution in [3.8, 4) is 11.5 Å². The van der Waals surface area contributed by atoms with Gasteiger partial charge in [0.1, 0.15) is 11.5 Å². The van der Waals surface area contributed by atoms with Crippen molar-refractivity contribution in [3.63, 3.8) is 0 Å². The molecule has 0 radical (unpaired) electrons. The number of likely N-dealkylation sites (tertiary alicyclic amines) is 1. The third-order valence-corrected chi connectivity index (χ3v) is 6.32.